The summed E-state index contributed by atoms with van der Waals surface area (Å²) in [6.45, 7) is 9.56. The average molecular weight is 307 g/mol. The topological polar surface area (TPSA) is 35.6 Å². The number of likely N-dealkylation sites (tertiary alicyclic amines) is 1. The van der Waals surface area contributed by atoms with Crippen LogP contribution < -0.4 is 5.32 Å². The number of aryl methyl sites for hydroxylation is 1. The smallest absolute Gasteiger partial charge is 0.241 e. The van der Waals surface area contributed by atoms with Gasteiger partial charge >= 0.3 is 0 Å². The van der Waals surface area contributed by atoms with Gasteiger partial charge in [0.1, 0.15) is 6.17 Å². The summed E-state index contributed by atoms with van der Waals surface area (Å²) in [6, 6.07) is 4.58. The Morgan fingerprint density at radius 2 is 2.24 bits per heavy atom. The highest BCUT2D eigenvalue weighted by Gasteiger charge is 2.42. The number of nitrogens with zero attached hydrogens (tertiary/aromatic N) is 2. The third-order valence-electron chi connectivity index (χ3n) is 4.66. The molecule has 1 amide bonds. The Kier molecular flexibility index (Phi) is 4.33. The summed E-state index contributed by atoms with van der Waals surface area (Å²) in [5, 5.41) is 3.48. The average Bonchev–Trinajstić information content (AvgIpc) is 3.04. The Bertz CT molecular complexity index is 515. The molecule has 21 heavy (non-hydrogen) atoms. The van der Waals surface area contributed by atoms with Crippen LogP contribution in [0.5, 0.6) is 0 Å². The quantitative estimate of drug-likeness (QED) is 0.931. The molecule has 2 saturated heterocycles. The van der Waals surface area contributed by atoms with Gasteiger partial charge in [0.25, 0.3) is 0 Å². The van der Waals surface area contributed by atoms with E-state index in [0.717, 1.165) is 19.5 Å². The van der Waals surface area contributed by atoms with Crippen LogP contribution >= 0.6 is 11.3 Å². The molecule has 3 rings (SSSR count). The third-order valence-corrected chi connectivity index (χ3v) is 5.72. The molecule has 0 aromatic carbocycles. The second kappa shape index (κ2) is 6.07. The Balaban J connectivity index is 1.84. The molecule has 1 aromatic heterocycles. The van der Waals surface area contributed by atoms with Crippen LogP contribution in [0.3, 0.4) is 0 Å². The first-order valence-corrected chi connectivity index (χ1v) is 8.78. The van der Waals surface area contributed by atoms with Crippen molar-refractivity contribution >= 4 is 17.2 Å². The molecule has 2 aliphatic heterocycles. The van der Waals surface area contributed by atoms with E-state index in [-0.39, 0.29) is 18.1 Å². The van der Waals surface area contributed by atoms with E-state index in [2.05, 4.69) is 41.1 Å². The van der Waals surface area contributed by atoms with Gasteiger partial charge in [-0.2, -0.15) is 0 Å². The number of rotatable bonds is 3. The van der Waals surface area contributed by atoms with E-state index in [0.29, 0.717) is 6.04 Å². The number of carbonyl (C=O) groups is 1. The zero-order chi connectivity index (χ0) is 15.0. The molecule has 116 valence electrons. The van der Waals surface area contributed by atoms with Gasteiger partial charge in [0.05, 0.1) is 6.04 Å². The fourth-order valence-electron chi connectivity index (χ4n) is 3.50. The van der Waals surface area contributed by atoms with Crippen LogP contribution in [0.15, 0.2) is 12.1 Å². The second-order valence-corrected chi connectivity index (χ2v) is 7.49. The SMILES string of the molecule is CCN1CCCC(N2C(=O)C(C)NC2c2ccc(C)s2)C1. The van der Waals surface area contributed by atoms with Crippen molar-refractivity contribution in [3.05, 3.63) is 21.9 Å². The van der Waals surface area contributed by atoms with Crippen molar-refractivity contribution in [3.8, 4) is 0 Å². The highest BCUT2D eigenvalue weighted by atomic mass is 32.1. The van der Waals surface area contributed by atoms with Gasteiger partial charge in [0.2, 0.25) is 5.91 Å². The molecule has 1 aromatic rings. The van der Waals surface area contributed by atoms with Crippen LogP contribution in [0.25, 0.3) is 0 Å². The number of nitrogens with one attached hydrogen (secondary N) is 1. The van der Waals surface area contributed by atoms with E-state index in [1.807, 2.05) is 6.92 Å². The lowest BCUT2D eigenvalue weighted by Gasteiger charge is -2.39. The molecular weight excluding hydrogens is 282 g/mol. The summed E-state index contributed by atoms with van der Waals surface area (Å²) >= 11 is 1.79. The summed E-state index contributed by atoms with van der Waals surface area (Å²) in [5.74, 6) is 0.258. The fourth-order valence-corrected chi connectivity index (χ4v) is 4.43. The van der Waals surface area contributed by atoms with E-state index in [1.54, 1.807) is 11.3 Å². The van der Waals surface area contributed by atoms with Crippen molar-refractivity contribution in [2.24, 2.45) is 0 Å². The fraction of sp³-hybridized carbons (Fsp3) is 0.688. The van der Waals surface area contributed by atoms with E-state index < -0.39 is 0 Å². The van der Waals surface area contributed by atoms with Crippen LogP contribution in [-0.2, 0) is 4.79 Å². The van der Waals surface area contributed by atoms with Crippen LogP contribution in [-0.4, -0.2) is 47.4 Å². The van der Waals surface area contributed by atoms with Gasteiger partial charge in [0, 0.05) is 22.3 Å². The number of carbonyl (C=O) groups excluding carboxylic acids is 1. The monoisotopic (exact) mass is 307 g/mol. The van der Waals surface area contributed by atoms with Gasteiger partial charge in [-0.05, 0) is 51.9 Å². The maximum Gasteiger partial charge on any atom is 0.241 e. The highest BCUT2D eigenvalue weighted by molar-refractivity contribution is 7.12. The predicted molar refractivity (Wildman–Crippen MR) is 86.4 cm³/mol. The molecule has 1 N–H and O–H groups in total. The lowest BCUT2D eigenvalue weighted by Crippen LogP contribution is -2.49. The first-order valence-electron chi connectivity index (χ1n) is 7.97. The molecule has 0 aliphatic carbocycles. The van der Waals surface area contributed by atoms with Gasteiger partial charge in [-0.1, -0.05) is 6.92 Å². The van der Waals surface area contributed by atoms with Gasteiger partial charge in [-0.25, -0.2) is 0 Å². The number of hydrogen-bond donors (Lipinski definition) is 1. The molecule has 2 aliphatic rings. The van der Waals surface area contributed by atoms with Crippen molar-refractivity contribution in [1.29, 1.82) is 0 Å². The molecule has 5 heteroatoms. The number of thiophene rings is 1. The maximum atomic E-state index is 12.6. The molecule has 0 radical (unpaired) electrons. The number of piperidine rings is 1. The third kappa shape index (κ3) is 2.87. The van der Waals surface area contributed by atoms with Crippen LogP contribution in [0.2, 0.25) is 0 Å². The molecule has 3 heterocycles. The Morgan fingerprint density at radius 3 is 2.90 bits per heavy atom. The van der Waals surface area contributed by atoms with E-state index in [1.165, 1.54) is 22.7 Å². The summed E-state index contributed by atoms with van der Waals surface area (Å²) < 4.78 is 0. The Hall–Kier alpha value is -0.910. The van der Waals surface area contributed by atoms with Crippen molar-refractivity contribution in [2.45, 2.75) is 51.9 Å². The van der Waals surface area contributed by atoms with Gasteiger partial charge in [-0.3, -0.25) is 10.1 Å². The van der Waals surface area contributed by atoms with Crippen LogP contribution in [0.4, 0.5) is 0 Å². The second-order valence-electron chi connectivity index (χ2n) is 6.17. The highest BCUT2D eigenvalue weighted by Crippen LogP contribution is 2.34. The molecule has 4 nitrogen and oxygen atoms in total. The molecule has 0 spiro atoms. The normalized spacial score (nSPS) is 31.1. The van der Waals surface area contributed by atoms with Crippen LogP contribution in [0, 0.1) is 6.92 Å². The molecule has 2 fully saturated rings. The Labute approximate surface area is 131 Å². The standard InChI is InChI=1S/C16H25N3OS/c1-4-18-9-5-6-13(10-18)19-15(17-12(3)16(19)20)14-8-7-11(2)21-14/h7-8,12-13,15,17H,4-6,9-10H2,1-3H3. The summed E-state index contributed by atoms with van der Waals surface area (Å²) in [7, 11) is 0. The van der Waals surface area contributed by atoms with E-state index in [4.69, 9.17) is 0 Å². The lowest BCUT2D eigenvalue weighted by atomic mass is 10.0. The van der Waals surface area contributed by atoms with Crippen molar-refractivity contribution in [3.63, 3.8) is 0 Å². The molecule has 3 atom stereocenters. The minimum absolute atomic E-state index is 0.0630. The van der Waals surface area contributed by atoms with Crippen molar-refractivity contribution < 1.29 is 4.79 Å². The number of likely N-dealkylation sites (N-methyl/N-ethyl adjacent to an activating group) is 1. The molecular formula is C16H25N3OS. The first kappa shape index (κ1) is 15.0. The van der Waals surface area contributed by atoms with Crippen molar-refractivity contribution in [2.75, 3.05) is 19.6 Å². The maximum absolute atomic E-state index is 12.6. The summed E-state index contributed by atoms with van der Waals surface area (Å²) in [4.78, 5) is 19.8. The number of amides is 1. The number of hydrogen-bond acceptors (Lipinski definition) is 4. The minimum atomic E-state index is -0.0746. The van der Waals surface area contributed by atoms with Gasteiger partial charge in [0.15, 0.2) is 0 Å². The zero-order valence-electron chi connectivity index (χ0n) is 13.1. The first-order chi connectivity index (χ1) is 10.1. The summed E-state index contributed by atoms with van der Waals surface area (Å²) in [6.07, 6.45) is 2.37. The Morgan fingerprint density at radius 1 is 1.43 bits per heavy atom. The zero-order valence-corrected chi connectivity index (χ0v) is 13.9. The molecule has 0 bridgehead atoms. The minimum Gasteiger partial charge on any atom is -0.316 e. The molecule has 0 saturated carbocycles. The van der Waals surface area contributed by atoms with E-state index in [9.17, 15) is 4.79 Å². The summed E-state index contributed by atoms with van der Waals surface area (Å²) in [5.41, 5.74) is 0. The lowest BCUT2D eigenvalue weighted by molar-refractivity contribution is -0.133. The van der Waals surface area contributed by atoms with Gasteiger partial charge < -0.3 is 9.80 Å². The largest absolute Gasteiger partial charge is 0.316 e. The van der Waals surface area contributed by atoms with E-state index >= 15 is 0 Å². The predicted octanol–water partition coefficient (Wildman–Crippen LogP) is 2.36. The van der Waals surface area contributed by atoms with Crippen LogP contribution in [0.1, 0.15) is 42.6 Å². The van der Waals surface area contributed by atoms with Gasteiger partial charge in [-0.15, -0.1) is 11.3 Å². The van der Waals surface area contributed by atoms with Crippen molar-refractivity contribution in [1.82, 2.24) is 15.1 Å². The molecule has 3 unspecified atom stereocenters.